The molecule has 0 saturated carbocycles. The summed E-state index contributed by atoms with van der Waals surface area (Å²) in [5, 5.41) is 48.9. The third kappa shape index (κ3) is 7.39. The Bertz CT molecular complexity index is 2270. The SMILES string of the molecule is COc1cc(C(=O)NCc2ccc(-c3cccc(C(O)(C(=O)O)c4ccccc4)c3)s2)ccc1CNCC(O)c1ccc(O)c2[nH]c(=O)ccc12. The number of hydrogen-bond acceptors (Lipinski definition) is 9. The first-order chi connectivity index (χ1) is 24.6. The van der Waals surface area contributed by atoms with Gasteiger partial charge in [-0.15, -0.1) is 11.3 Å². The van der Waals surface area contributed by atoms with Crippen molar-refractivity contribution < 1.29 is 34.8 Å². The summed E-state index contributed by atoms with van der Waals surface area (Å²) in [6.07, 6.45) is -0.931. The van der Waals surface area contributed by atoms with E-state index in [-0.39, 0.29) is 46.9 Å². The summed E-state index contributed by atoms with van der Waals surface area (Å²) < 4.78 is 5.56. The third-order valence-electron chi connectivity index (χ3n) is 8.62. The number of thiophene rings is 1. The molecule has 4 aromatic carbocycles. The highest BCUT2D eigenvalue weighted by molar-refractivity contribution is 7.15. The van der Waals surface area contributed by atoms with Gasteiger partial charge in [0, 0.05) is 51.0 Å². The monoisotopic (exact) mass is 705 g/mol. The van der Waals surface area contributed by atoms with Gasteiger partial charge in [-0.1, -0.05) is 60.7 Å². The van der Waals surface area contributed by atoms with Crippen molar-refractivity contribution in [2.45, 2.75) is 24.8 Å². The molecule has 260 valence electrons. The number of methoxy groups -OCH3 is 1. The predicted octanol–water partition coefficient (Wildman–Crippen LogP) is 5.04. The van der Waals surface area contributed by atoms with Crippen molar-refractivity contribution in [3.05, 3.63) is 152 Å². The molecule has 0 bridgehead atoms. The number of pyridine rings is 1. The minimum absolute atomic E-state index is 0.0837. The van der Waals surface area contributed by atoms with Crippen molar-refractivity contribution in [2.75, 3.05) is 13.7 Å². The Balaban J connectivity index is 1.08. The Labute approximate surface area is 296 Å². The number of phenolic OH excluding ortho intramolecular Hbond substituents is 1. The number of rotatable bonds is 13. The van der Waals surface area contributed by atoms with Crippen LogP contribution in [0, 0.1) is 0 Å². The Morgan fingerprint density at radius 3 is 2.45 bits per heavy atom. The second-order valence-corrected chi connectivity index (χ2v) is 13.0. The maximum absolute atomic E-state index is 13.1. The van der Waals surface area contributed by atoms with E-state index in [9.17, 15) is 34.8 Å². The molecule has 0 aliphatic heterocycles. The van der Waals surface area contributed by atoms with Crippen LogP contribution in [-0.2, 0) is 23.5 Å². The molecule has 0 radical (unpaired) electrons. The van der Waals surface area contributed by atoms with E-state index in [2.05, 4.69) is 15.6 Å². The van der Waals surface area contributed by atoms with Crippen molar-refractivity contribution in [3.8, 4) is 21.9 Å². The minimum atomic E-state index is -2.22. The Hall–Kier alpha value is -5.79. The van der Waals surface area contributed by atoms with E-state index in [4.69, 9.17) is 4.74 Å². The van der Waals surface area contributed by atoms with Crippen LogP contribution < -0.4 is 20.9 Å². The van der Waals surface area contributed by atoms with Gasteiger partial charge in [0.25, 0.3) is 5.91 Å². The zero-order valence-electron chi connectivity index (χ0n) is 27.4. The van der Waals surface area contributed by atoms with Crippen molar-refractivity contribution >= 4 is 34.1 Å². The average Bonchev–Trinajstić information content (AvgIpc) is 3.63. The summed E-state index contributed by atoms with van der Waals surface area (Å²) >= 11 is 1.44. The Morgan fingerprint density at radius 2 is 1.69 bits per heavy atom. The maximum Gasteiger partial charge on any atom is 0.345 e. The zero-order valence-corrected chi connectivity index (χ0v) is 28.2. The molecule has 2 aromatic heterocycles. The molecule has 2 unspecified atom stereocenters. The molecular formula is C39H35N3O8S. The number of nitrogens with one attached hydrogen (secondary N) is 3. The second-order valence-electron chi connectivity index (χ2n) is 11.9. The number of aliphatic hydroxyl groups excluding tert-OH is 1. The number of aromatic amines is 1. The molecule has 0 spiro atoms. The van der Waals surface area contributed by atoms with Gasteiger partial charge in [-0.05, 0) is 59.2 Å². The fraction of sp³-hybridized carbons (Fsp3) is 0.154. The Kier molecular flexibility index (Phi) is 10.3. The molecule has 6 rings (SSSR count). The lowest BCUT2D eigenvalue weighted by Crippen LogP contribution is -2.36. The van der Waals surface area contributed by atoms with Gasteiger partial charge in [-0.3, -0.25) is 9.59 Å². The summed E-state index contributed by atoms with van der Waals surface area (Å²) in [7, 11) is 1.51. The lowest BCUT2D eigenvalue weighted by atomic mass is 9.85. The van der Waals surface area contributed by atoms with Gasteiger partial charge in [-0.2, -0.15) is 0 Å². The van der Waals surface area contributed by atoms with Gasteiger partial charge < -0.3 is 40.8 Å². The van der Waals surface area contributed by atoms with Crippen LogP contribution >= 0.6 is 11.3 Å². The molecule has 0 aliphatic rings. The van der Waals surface area contributed by atoms with E-state index in [1.807, 2.05) is 18.2 Å². The number of phenols is 1. The first kappa shape index (κ1) is 35.1. The van der Waals surface area contributed by atoms with Crippen LogP contribution in [0.25, 0.3) is 21.3 Å². The molecule has 7 N–H and O–H groups in total. The highest BCUT2D eigenvalue weighted by Crippen LogP contribution is 2.35. The topological polar surface area (TPSA) is 181 Å². The van der Waals surface area contributed by atoms with Crippen molar-refractivity contribution in [2.24, 2.45) is 0 Å². The van der Waals surface area contributed by atoms with Gasteiger partial charge in [-0.25, -0.2) is 4.79 Å². The fourth-order valence-corrected chi connectivity index (χ4v) is 6.87. The van der Waals surface area contributed by atoms with Gasteiger partial charge in [0.05, 0.1) is 25.3 Å². The molecular weight excluding hydrogens is 671 g/mol. The van der Waals surface area contributed by atoms with Crippen LogP contribution in [0.2, 0.25) is 0 Å². The minimum Gasteiger partial charge on any atom is -0.506 e. The highest BCUT2D eigenvalue weighted by atomic mass is 32.1. The summed E-state index contributed by atoms with van der Waals surface area (Å²) in [4.78, 5) is 41.4. The molecule has 2 heterocycles. The van der Waals surface area contributed by atoms with E-state index in [0.29, 0.717) is 28.8 Å². The molecule has 51 heavy (non-hydrogen) atoms. The van der Waals surface area contributed by atoms with Gasteiger partial charge in [0.2, 0.25) is 11.2 Å². The number of H-pyrrole nitrogens is 1. The molecule has 1 amide bonds. The van der Waals surface area contributed by atoms with E-state index < -0.39 is 17.7 Å². The smallest absolute Gasteiger partial charge is 0.345 e. The van der Waals surface area contributed by atoms with Crippen LogP contribution in [-0.4, -0.2) is 50.9 Å². The van der Waals surface area contributed by atoms with E-state index in [1.54, 1.807) is 78.9 Å². The highest BCUT2D eigenvalue weighted by Gasteiger charge is 2.40. The fourth-order valence-electron chi connectivity index (χ4n) is 5.92. The average molecular weight is 706 g/mol. The normalized spacial score (nSPS) is 13.0. The molecule has 12 heteroatoms. The first-order valence-corrected chi connectivity index (χ1v) is 16.8. The predicted molar refractivity (Wildman–Crippen MR) is 194 cm³/mol. The van der Waals surface area contributed by atoms with Crippen LogP contribution in [0.15, 0.2) is 114 Å². The number of amides is 1. The summed E-state index contributed by atoms with van der Waals surface area (Å²) in [6, 6.07) is 29.9. The quantitative estimate of drug-likeness (QED) is 0.0866. The number of carboxylic acid groups (broad SMARTS) is 1. The number of aliphatic hydroxyl groups is 2. The van der Waals surface area contributed by atoms with Gasteiger partial charge in [0.1, 0.15) is 11.5 Å². The van der Waals surface area contributed by atoms with E-state index in [1.165, 1.54) is 30.6 Å². The zero-order chi connectivity index (χ0) is 36.1. The number of carbonyl (C=O) groups excluding carboxylic acids is 1. The van der Waals surface area contributed by atoms with Gasteiger partial charge >= 0.3 is 5.97 Å². The number of aromatic nitrogens is 1. The van der Waals surface area contributed by atoms with Crippen molar-refractivity contribution in [1.82, 2.24) is 15.6 Å². The Morgan fingerprint density at radius 1 is 0.902 bits per heavy atom. The number of fused-ring (bicyclic) bond motifs is 1. The standard InChI is InChI=1S/C39H35N3O8S/c1-50-33-19-24(10-11-25(33)20-40-22-32(44)29-13-15-31(43)36-30(29)14-17-35(45)42-36)37(46)41-21-28-12-16-34(51-28)23-6-5-9-27(18-23)39(49,38(47)48)26-7-3-2-4-8-26/h2-19,32,40,43-44,49H,20-22H2,1H3,(H,41,46)(H,42,45)(H,47,48). The largest absolute Gasteiger partial charge is 0.506 e. The molecule has 2 atom stereocenters. The van der Waals surface area contributed by atoms with Crippen LogP contribution in [0.5, 0.6) is 11.5 Å². The summed E-state index contributed by atoms with van der Waals surface area (Å²) in [5.74, 6) is -1.26. The number of aromatic hydroxyl groups is 1. The van der Waals surface area contributed by atoms with E-state index >= 15 is 0 Å². The second kappa shape index (κ2) is 15.0. The van der Waals surface area contributed by atoms with Crippen molar-refractivity contribution in [1.29, 1.82) is 0 Å². The third-order valence-corrected chi connectivity index (χ3v) is 9.75. The number of hydrogen-bond donors (Lipinski definition) is 7. The summed E-state index contributed by atoms with van der Waals surface area (Å²) in [5.41, 5.74) is 0.627. The van der Waals surface area contributed by atoms with Crippen LogP contribution in [0.3, 0.4) is 0 Å². The number of carboxylic acids is 1. The van der Waals surface area contributed by atoms with Crippen LogP contribution in [0.4, 0.5) is 0 Å². The number of carbonyl (C=O) groups is 2. The first-order valence-electron chi connectivity index (χ1n) is 16.0. The number of aliphatic carboxylic acids is 1. The maximum atomic E-state index is 13.1. The lowest BCUT2D eigenvalue weighted by molar-refractivity contribution is -0.155. The van der Waals surface area contributed by atoms with Crippen LogP contribution in [0.1, 0.15) is 43.6 Å². The molecule has 0 saturated heterocycles. The van der Waals surface area contributed by atoms with Gasteiger partial charge in [0.15, 0.2) is 0 Å². The molecule has 0 aliphatic carbocycles. The van der Waals surface area contributed by atoms with Crippen molar-refractivity contribution in [3.63, 3.8) is 0 Å². The molecule has 11 nitrogen and oxygen atoms in total. The lowest BCUT2D eigenvalue weighted by Gasteiger charge is -2.25. The molecule has 0 fully saturated rings. The van der Waals surface area contributed by atoms with E-state index in [0.717, 1.165) is 20.9 Å². The number of benzene rings is 4. The summed E-state index contributed by atoms with van der Waals surface area (Å²) in [6.45, 7) is 0.768. The number of ether oxygens (including phenoxy) is 1. The molecule has 6 aromatic rings.